The molecule has 0 fully saturated rings. The van der Waals surface area contributed by atoms with Crippen molar-refractivity contribution < 1.29 is 0 Å². The van der Waals surface area contributed by atoms with E-state index >= 15 is 0 Å². The molecule has 0 spiro atoms. The fraction of sp³-hybridized carbons (Fsp3) is 0.348. The van der Waals surface area contributed by atoms with E-state index in [0.717, 1.165) is 25.7 Å². The summed E-state index contributed by atoms with van der Waals surface area (Å²) in [6.07, 6.45) is 17.5. The van der Waals surface area contributed by atoms with Crippen LogP contribution in [0, 0.1) is 22.5 Å². The SMILES string of the molecule is CC1=CC=C(C2=CC=C(C#CC3=CC(C)=C(SC#N)CC3)CC2)CC1. The van der Waals surface area contributed by atoms with Crippen molar-refractivity contribution >= 4 is 11.8 Å². The van der Waals surface area contributed by atoms with Crippen LogP contribution in [-0.2, 0) is 0 Å². The molecule has 0 N–H and O–H groups in total. The molecule has 3 rings (SSSR count). The van der Waals surface area contributed by atoms with Crippen molar-refractivity contribution in [2.24, 2.45) is 0 Å². The Labute approximate surface area is 155 Å². The standard InChI is InChI=1S/C23H23NS/c1-17-3-10-21(11-4-17)22-12-7-19(8-13-22)5-6-20-9-14-23(25-16-24)18(2)15-20/h3,7,10,12,15H,4,8-9,11,13-14H2,1-2H3. The minimum Gasteiger partial charge on any atom is -0.185 e. The van der Waals surface area contributed by atoms with Gasteiger partial charge in [-0.05, 0) is 86.9 Å². The van der Waals surface area contributed by atoms with Crippen LogP contribution < -0.4 is 0 Å². The van der Waals surface area contributed by atoms with Crippen molar-refractivity contribution in [3.8, 4) is 17.2 Å². The molecule has 126 valence electrons. The fourth-order valence-corrected chi connectivity index (χ4v) is 3.86. The normalized spacial score (nSPS) is 20.3. The lowest BCUT2D eigenvalue weighted by Crippen LogP contribution is -1.99. The Bertz CT molecular complexity index is 854. The zero-order valence-electron chi connectivity index (χ0n) is 15.0. The molecule has 0 atom stereocenters. The van der Waals surface area contributed by atoms with Gasteiger partial charge in [-0.2, -0.15) is 5.26 Å². The van der Waals surface area contributed by atoms with Crippen LogP contribution in [0.25, 0.3) is 0 Å². The molecule has 0 aromatic carbocycles. The van der Waals surface area contributed by atoms with Crippen molar-refractivity contribution in [1.82, 2.24) is 0 Å². The first-order valence-corrected chi connectivity index (χ1v) is 9.72. The number of rotatable bonds is 2. The third-order valence-corrected chi connectivity index (χ3v) is 5.79. The smallest absolute Gasteiger partial charge is 0.138 e. The topological polar surface area (TPSA) is 23.8 Å². The average molecular weight is 346 g/mol. The van der Waals surface area contributed by atoms with Crippen LogP contribution in [0.1, 0.15) is 52.4 Å². The average Bonchev–Trinajstić information content (AvgIpc) is 2.63. The van der Waals surface area contributed by atoms with Crippen LogP contribution in [0.4, 0.5) is 0 Å². The van der Waals surface area contributed by atoms with Gasteiger partial charge in [-0.1, -0.05) is 41.7 Å². The third-order valence-electron chi connectivity index (χ3n) is 4.92. The summed E-state index contributed by atoms with van der Waals surface area (Å²) in [4.78, 5) is 1.18. The van der Waals surface area contributed by atoms with Crippen molar-refractivity contribution in [2.75, 3.05) is 0 Å². The number of allylic oxidation sites excluding steroid dienone is 12. The molecule has 3 aliphatic rings. The first-order valence-electron chi connectivity index (χ1n) is 8.90. The van der Waals surface area contributed by atoms with Crippen LogP contribution in [0.15, 0.2) is 68.7 Å². The van der Waals surface area contributed by atoms with Crippen LogP contribution in [0.3, 0.4) is 0 Å². The molecule has 3 aliphatic carbocycles. The lowest BCUT2D eigenvalue weighted by molar-refractivity contribution is 0.861. The van der Waals surface area contributed by atoms with Gasteiger partial charge < -0.3 is 0 Å². The molecule has 25 heavy (non-hydrogen) atoms. The van der Waals surface area contributed by atoms with Crippen molar-refractivity contribution in [1.29, 1.82) is 5.26 Å². The van der Waals surface area contributed by atoms with Crippen molar-refractivity contribution in [2.45, 2.75) is 52.4 Å². The van der Waals surface area contributed by atoms with E-state index < -0.39 is 0 Å². The number of nitriles is 1. The van der Waals surface area contributed by atoms with Gasteiger partial charge in [0.25, 0.3) is 0 Å². The molecule has 2 heteroatoms. The largest absolute Gasteiger partial charge is 0.185 e. The van der Waals surface area contributed by atoms with Gasteiger partial charge in [-0.3, -0.25) is 0 Å². The Morgan fingerprint density at radius 3 is 2.08 bits per heavy atom. The van der Waals surface area contributed by atoms with E-state index in [4.69, 9.17) is 5.26 Å². The second-order valence-electron chi connectivity index (χ2n) is 6.81. The molecule has 0 unspecified atom stereocenters. The number of thiocyanates is 1. The Balaban J connectivity index is 1.69. The molecule has 1 nitrogen and oxygen atoms in total. The van der Waals surface area contributed by atoms with E-state index in [9.17, 15) is 0 Å². The Morgan fingerprint density at radius 1 is 0.800 bits per heavy atom. The van der Waals surface area contributed by atoms with Gasteiger partial charge in [0.2, 0.25) is 0 Å². The Kier molecular flexibility index (Phi) is 5.85. The molecule has 0 aromatic heterocycles. The van der Waals surface area contributed by atoms with Crippen LogP contribution in [0.5, 0.6) is 0 Å². The van der Waals surface area contributed by atoms with Gasteiger partial charge in [-0.25, -0.2) is 0 Å². The van der Waals surface area contributed by atoms with E-state index in [1.54, 1.807) is 0 Å². The van der Waals surface area contributed by atoms with Crippen LogP contribution in [-0.4, -0.2) is 0 Å². The number of hydrogen-bond donors (Lipinski definition) is 0. The van der Waals surface area contributed by atoms with Gasteiger partial charge in [0.05, 0.1) is 0 Å². The summed E-state index contributed by atoms with van der Waals surface area (Å²) in [6, 6.07) is 0. The second kappa shape index (κ2) is 8.28. The molecular formula is C23H23NS. The van der Waals surface area contributed by atoms with Gasteiger partial charge >= 0.3 is 0 Å². The molecule has 0 heterocycles. The molecule has 0 radical (unpaired) electrons. The molecule has 0 aromatic rings. The van der Waals surface area contributed by atoms with E-state index in [-0.39, 0.29) is 0 Å². The summed E-state index contributed by atoms with van der Waals surface area (Å²) in [7, 11) is 0. The highest BCUT2D eigenvalue weighted by Crippen LogP contribution is 2.32. The maximum atomic E-state index is 8.81. The van der Waals surface area contributed by atoms with E-state index in [1.807, 2.05) is 0 Å². The highest BCUT2D eigenvalue weighted by Gasteiger charge is 2.12. The highest BCUT2D eigenvalue weighted by atomic mass is 32.2. The summed E-state index contributed by atoms with van der Waals surface area (Å²) in [5.74, 6) is 6.71. The first kappa shape index (κ1) is 17.7. The summed E-state index contributed by atoms with van der Waals surface area (Å²) >= 11 is 1.29. The summed E-state index contributed by atoms with van der Waals surface area (Å²) in [6.45, 7) is 4.28. The lowest BCUT2D eigenvalue weighted by atomic mass is 9.87. The Hall–Kier alpha value is -2.16. The number of thioether (sulfide) groups is 1. The minimum absolute atomic E-state index is 0.939. The van der Waals surface area contributed by atoms with Crippen molar-refractivity contribution in [3.63, 3.8) is 0 Å². The molecule has 0 aliphatic heterocycles. The zero-order chi connectivity index (χ0) is 17.6. The molecule has 0 saturated carbocycles. The second-order valence-corrected chi connectivity index (χ2v) is 7.69. The fourth-order valence-electron chi connectivity index (χ4n) is 3.32. The van der Waals surface area contributed by atoms with Gasteiger partial charge in [-0.15, -0.1) is 0 Å². The molecular weight excluding hydrogens is 322 g/mol. The van der Waals surface area contributed by atoms with Crippen LogP contribution >= 0.6 is 11.8 Å². The van der Waals surface area contributed by atoms with E-state index in [1.165, 1.54) is 62.9 Å². The number of hydrogen-bond acceptors (Lipinski definition) is 2. The third kappa shape index (κ3) is 4.68. The summed E-state index contributed by atoms with van der Waals surface area (Å²) in [5, 5.41) is 11.0. The van der Waals surface area contributed by atoms with E-state index in [0.29, 0.717) is 0 Å². The van der Waals surface area contributed by atoms with Gasteiger partial charge in [0.1, 0.15) is 5.40 Å². The first-order chi connectivity index (χ1) is 12.2. The van der Waals surface area contributed by atoms with Gasteiger partial charge in [0.15, 0.2) is 0 Å². The van der Waals surface area contributed by atoms with E-state index in [2.05, 4.69) is 61.5 Å². The maximum absolute atomic E-state index is 8.81. The number of nitrogens with zero attached hydrogens (tertiary/aromatic N) is 1. The minimum atomic E-state index is 0.939. The predicted molar refractivity (Wildman–Crippen MR) is 107 cm³/mol. The summed E-state index contributed by atoms with van der Waals surface area (Å²) < 4.78 is 0. The van der Waals surface area contributed by atoms with Crippen LogP contribution in [0.2, 0.25) is 0 Å². The monoisotopic (exact) mass is 345 g/mol. The molecule has 0 saturated heterocycles. The highest BCUT2D eigenvalue weighted by molar-refractivity contribution is 8.07. The van der Waals surface area contributed by atoms with Gasteiger partial charge in [0, 0.05) is 16.1 Å². The zero-order valence-corrected chi connectivity index (χ0v) is 15.8. The maximum Gasteiger partial charge on any atom is 0.138 e. The predicted octanol–water partition coefficient (Wildman–Crippen LogP) is 6.51. The lowest BCUT2D eigenvalue weighted by Gasteiger charge is -2.18. The Morgan fingerprint density at radius 2 is 1.48 bits per heavy atom. The van der Waals surface area contributed by atoms with Crippen molar-refractivity contribution in [3.05, 3.63) is 68.7 Å². The molecule has 0 amide bonds. The quantitative estimate of drug-likeness (QED) is 0.420. The summed E-state index contributed by atoms with van der Waals surface area (Å²) in [5.41, 5.74) is 8.05. The molecule has 0 bridgehead atoms.